The van der Waals surface area contributed by atoms with Crippen LogP contribution >= 0.6 is 24.4 Å². The van der Waals surface area contributed by atoms with Crippen LogP contribution in [-0.2, 0) is 0 Å². The second kappa shape index (κ2) is 29.7. The van der Waals surface area contributed by atoms with Gasteiger partial charge in [0.1, 0.15) is 5.84 Å². The van der Waals surface area contributed by atoms with E-state index in [2.05, 4.69) is 132 Å². The lowest BCUT2D eigenvalue weighted by molar-refractivity contribution is 0.733. The van der Waals surface area contributed by atoms with Crippen molar-refractivity contribution in [1.29, 1.82) is 0 Å². The Bertz CT molecular complexity index is 1280. The smallest absolute Gasteiger partial charge is 0.114 e. The van der Waals surface area contributed by atoms with E-state index in [9.17, 15) is 0 Å². The summed E-state index contributed by atoms with van der Waals surface area (Å²) in [5.74, 6) is 6.76. The number of hydrogen-bond donors (Lipinski definition) is 2. The molecule has 0 fully saturated rings. The fraction of sp³-hybridized carbons (Fsp3) is 0.375. The van der Waals surface area contributed by atoms with E-state index < -0.39 is 0 Å². The second-order valence-electron chi connectivity index (χ2n) is 9.84. The lowest BCUT2D eigenvalue weighted by Crippen LogP contribution is -2.07. The number of rotatable bonds is 9. The average molecular weight is 629 g/mol. The third-order valence-electron chi connectivity index (χ3n) is 6.17. The van der Waals surface area contributed by atoms with Crippen LogP contribution in [0.4, 0.5) is 5.69 Å². The third kappa shape index (κ3) is 23.2. The highest BCUT2D eigenvalue weighted by molar-refractivity contribution is 8.02. The van der Waals surface area contributed by atoms with Gasteiger partial charge in [0.25, 0.3) is 0 Å². The molecule has 0 bridgehead atoms. The molecule has 1 N–H and O–H groups in total. The van der Waals surface area contributed by atoms with Crippen LogP contribution in [0.15, 0.2) is 105 Å². The van der Waals surface area contributed by atoms with E-state index in [0.29, 0.717) is 5.92 Å². The van der Waals surface area contributed by atoms with Crippen molar-refractivity contribution in [2.24, 2.45) is 4.99 Å². The van der Waals surface area contributed by atoms with E-state index >= 15 is 0 Å². The number of allylic oxidation sites excluding steroid dienone is 6. The molecule has 1 atom stereocenters. The summed E-state index contributed by atoms with van der Waals surface area (Å²) in [4.78, 5) is 6.08. The van der Waals surface area contributed by atoms with E-state index in [1.54, 1.807) is 24.8 Å². The van der Waals surface area contributed by atoms with Gasteiger partial charge in [0.2, 0.25) is 0 Å². The third-order valence-corrected chi connectivity index (χ3v) is 7.39. The van der Waals surface area contributed by atoms with Crippen molar-refractivity contribution in [2.45, 2.75) is 93.9 Å². The summed E-state index contributed by atoms with van der Waals surface area (Å²) in [6.45, 7) is 18.7. The minimum Gasteiger partial charge on any atom is -0.343 e. The summed E-state index contributed by atoms with van der Waals surface area (Å²) >= 11 is 6.05. The Morgan fingerprint density at radius 3 is 2.14 bits per heavy atom. The SMILES string of the molecule is C#C/C=C(/C=C/C=C(S)/C(C)=C\CC)SC.CC#CN=C(C)Nc1ccccc1C.CCC(C)c1ccccc1.CCCC. The fourth-order valence-corrected chi connectivity index (χ4v) is 3.70. The molecule has 0 aliphatic rings. The van der Waals surface area contributed by atoms with Crippen molar-refractivity contribution in [3.05, 3.63) is 111 Å². The van der Waals surface area contributed by atoms with Crippen LogP contribution in [0, 0.1) is 31.2 Å². The van der Waals surface area contributed by atoms with Crippen molar-refractivity contribution in [1.82, 2.24) is 0 Å². The minimum atomic E-state index is 0.709. The molecule has 2 aromatic rings. The molecule has 0 amide bonds. The number of nitrogens with one attached hydrogen (secondary N) is 1. The van der Waals surface area contributed by atoms with E-state index in [-0.39, 0.29) is 0 Å². The zero-order valence-electron chi connectivity index (χ0n) is 28.9. The van der Waals surface area contributed by atoms with Crippen molar-refractivity contribution in [3.8, 4) is 24.3 Å². The highest BCUT2D eigenvalue weighted by Gasteiger charge is 1.99. The van der Waals surface area contributed by atoms with Gasteiger partial charge in [-0.25, -0.2) is 0 Å². The van der Waals surface area contributed by atoms with Gasteiger partial charge < -0.3 is 5.32 Å². The van der Waals surface area contributed by atoms with E-state index in [4.69, 9.17) is 6.42 Å². The summed E-state index contributed by atoms with van der Waals surface area (Å²) in [6, 6.07) is 21.4. The van der Waals surface area contributed by atoms with Gasteiger partial charge in [-0.15, -0.1) is 30.8 Å². The van der Waals surface area contributed by atoms with E-state index in [1.165, 1.54) is 36.0 Å². The molecule has 44 heavy (non-hydrogen) atoms. The number of anilines is 1. The first-order valence-electron chi connectivity index (χ1n) is 15.4. The Kier molecular flexibility index (Phi) is 29.0. The standard InChI is InChI=1S/C14H18S2.C12H14N2.C10H14.C4H10/c1-5-8-12(3)14(15)11-7-10-13(16-4)9-6-2;1-4-9-13-11(3)14-12-8-6-5-7-10(12)2;1-3-9(2)10-7-5-4-6-8-10;1-3-4-2/h2,7-11,15H,5H2,1,3-4H3;5-8H,1-3H3,(H,13,14);4-9H,3H2,1-2H3;3-4H2,1-2H3/b10-7+,12-8-,13-9-,14-11-;;;. The number of aliphatic imine (C=N–C) groups is 1. The molecular formula is C40H56N2S2. The topological polar surface area (TPSA) is 24.4 Å². The number of nitrogens with zero attached hydrogens (tertiary/aromatic N) is 1. The number of aryl methyl sites for hydroxylation is 1. The summed E-state index contributed by atoms with van der Waals surface area (Å²) in [5.41, 5.74) is 4.92. The van der Waals surface area contributed by atoms with Gasteiger partial charge in [-0.2, -0.15) is 4.99 Å². The lowest BCUT2D eigenvalue weighted by Gasteiger charge is -2.06. The first kappa shape index (κ1) is 42.8. The summed E-state index contributed by atoms with van der Waals surface area (Å²) < 4.78 is 0. The number of thiol groups is 1. The molecule has 0 heterocycles. The van der Waals surface area contributed by atoms with Crippen molar-refractivity contribution in [3.63, 3.8) is 0 Å². The maximum absolute atomic E-state index is 5.21. The van der Waals surface area contributed by atoms with Crippen LogP contribution in [0.25, 0.3) is 0 Å². The molecule has 2 aromatic carbocycles. The van der Waals surface area contributed by atoms with Crippen LogP contribution in [0.1, 0.15) is 98.1 Å². The molecular weight excluding hydrogens is 573 g/mol. The molecule has 0 saturated carbocycles. The molecule has 4 heteroatoms. The van der Waals surface area contributed by atoms with Crippen LogP contribution in [-0.4, -0.2) is 12.1 Å². The van der Waals surface area contributed by atoms with Gasteiger partial charge in [0.15, 0.2) is 0 Å². The normalized spacial score (nSPS) is 12.1. The number of benzene rings is 2. The van der Waals surface area contributed by atoms with Crippen LogP contribution in [0.2, 0.25) is 0 Å². The molecule has 0 aliphatic heterocycles. The highest BCUT2D eigenvalue weighted by Crippen LogP contribution is 2.18. The Morgan fingerprint density at radius 1 is 1.02 bits per heavy atom. The number of amidine groups is 1. The van der Waals surface area contributed by atoms with Gasteiger partial charge >= 0.3 is 0 Å². The lowest BCUT2D eigenvalue weighted by atomic mass is 9.99. The summed E-state index contributed by atoms with van der Waals surface area (Å²) in [7, 11) is 0. The molecule has 0 aromatic heterocycles. The largest absolute Gasteiger partial charge is 0.343 e. The van der Waals surface area contributed by atoms with Crippen molar-refractivity contribution in [2.75, 3.05) is 11.6 Å². The average Bonchev–Trinajstić information content (AvgIpc) is 3.05. The molecule has 1 unspecified atom stereocenters. The Morgan fingerprint density at radius 2 is 1.64 bits per heavy atom. The first-order chi connectivity index (χ1) is 21.1. The Balaban J connectivity index is 0. The fourth-order valence-electron chi connectivity index (χ4n) is 3.13. The predicted molar refractivity (Wildman–Crippen MR) is 208 cm³/mol. The number of thioether (sulfide) groups is 1. The van der Waals surface area contributed by atoms with E-state index in [1.807, 2.05) is 49.6 Å². The molecule has 0 aliphatic carbocycles. The maximum Gasteiger partial charge on any atom is 0.114 e. The Hall–Kier alpha value is -3.31. The van der Waals surface area contributed by atoms with Gasteiger partial charge in [0, 0.05) is 27.6 Å². The molecule has 238 valence electrons. The Labute approximate surface area is 281 Å². The minimum absolute atomic E-state index is 0.709. The first-order valence-corrected chi connectivity index (χ1v) is 17.1. The van der Waals surface area contributed by atoms with Crippen molar-refractivity contribution >= 4 is 35.9 Å². The molecule has 0 radical (unpaired) electrons. The maximum atomic E-state index is 5.21. The van der Waals surface area contributed by atoms with Crippen LogP contribution in [0.5, 0.6) is 0 Å². The summed E-state index contributed by atoms with van der Waals surface area (Å²) in [5, 5.41) is 3.19. The zero-order chi connectivity index (χ0) is 33.6. The van der Waals surface area contributed by atoms with Crippen molar-refractivity contribution < 1.29 is 0 Å². The van der Waals surface area contributed by atoms with Crippen LogP contribution < -0.4 is 5.32 Å². The summed E-state index contributed by atoms with van der Waals surface area (Å²) in [6.07, 6.45) is 21.9. The van der Waals surface area contributed by atoms with Gasteiger partial charge in [-0.05, 0) is 87.6 Å². The second-order valence-corrected chi connectivity index (χ2v) is 11.2. The zero-order valence-corrected chi connectivity index (χ0v) is 30.6. The molecule has 0 spiro atoms. The van der Waals surface area contributed by atoms with Gasteiger partial charge in [-0.3, -0.25) is 0 Å². The number of unbranched alkanes of at least 4 members (excludes halogenated alkanes) is 1. The molecule has 2 rings (SSSR count). The quantitative estimate of drug-likeness (QED) is 0.0949. The van der Waals surface area contributed by atoms with E-state index in [0.717, 1.165) is 27.8 Å². The monoisotopic (exact) mass is 628 g/mol. The number of terminal acetylenes is 1. The number of para-hydroxylation sites is 1. The molecule has 0 saturated heterocycles. The highest BCUT2D eigenvalue weighted by atomic mass is 32.2. The predicted octanol–water partition coefficient (Wildman–Crippen LogP) is 12.4. The number of hydrogen-bond acceptors (Lipinski definition) is 3. The van der Waals surface area contributed by atoms with Gasteiger partial charge in [0.05, 0.1) is 0 Å². The molecule has 2 nitrogen and oxygen atoms in total. The van der Waals surface area contributed by atoms with Crippen LogP contribution in [0.3, 0.4) is 0 Å². The van der Waals surface area contributed by atoms with Gasteiger partial charge in [-0.1, -0.05) is 120 Å².